The fourth-order valence-corrected chi connectivity index (χ4v) is 4.41. The molecule has 0 saturated carbocycles. The molecule has 30 heavy (non-hydrogen) atoms. The average Bonchev–Trinajstić information content (AvgIpc) is 3.29. The first-order valence-corrected chi connectivity index (χ1v) is 10.6. The highest BCUT2D eigenvalue weighted by Crippen LogP contribution is 2.32. The Bertz CT molecular complexity index is 1090. The molecule has 1 saturated heterocycles. The highest BCUT2D eigenvalue weighted by Gasteiger charge is 2.26. The van der Waals surface area contributed by atoms with Crippen molar-refractivity contribution in [2.45, 2.75) is 4.90 Å². The van der Waals surface area contributed by atoms with E-state index in [-0.39, 0.29) is 11.8 Å². The quantitative estimate of drug-likeness (QED) is 0.687. The summed E-state index contributed by atoms with van der Waals surface area (Å²) in [5, 5.41) is 15.0. The molecule has 10 heteroatoms. The van der Waals surface area contributed by atoms with Gasteiger partial charge in [0.1, 0.15) is 0 Å². The molecule has 1 N–H and O–H groups in total. The number of rotatable bonds is 3. The summed E-state index contributed by atoms with van der Waals surface area (Å²) in [5.41, 5.74) is 2.19. The molecule has 2 aliphatic heterocycles. The summed E-state index contributed by atoms with van der Waals surface area (Å²) in [6.07, 6.45) is 0. The third-order valence-electron chi connectivity index (χ3n) is 5.16. The molecule has 2 amide bonds. The molecule has 5 rings (SSSR count). The molecular weight excluding hydrogens is 402 g/mol. The average molecular weight is 421 g/mol. The maximum atomic E-state index is 13.0. The maximum Gasteiger partial charge on any atom is 0.254 e. The maximum absolute atomic E-state index is 13.0. The van der Waals surface area contributed by atoms with Gasteiger partial charge in [-0.3, -0.25) is 9.59 Å². The molecule has 3 heterocycles. The van der Waals surface area contributed by atoms with Crippen molar-refractivity contribution in [3.63, 3.8) is 0 Å². The number of nitrogens with zero attached hydrogens (tertiary/aromatic N) is 6. The molecule has 0 bridgehead atoms. The number of hydrogen-bond acceptors (Lipinski definition) is 7. The molecule has 0 radical (unpaired) electrons. The molecule has 3 aromatic rings. The van der Waals surface area contributed by atoms with Gasteiger partial charge in [-0.2, -0.15) is 4.68 Å². The van der Waals surface area contributed by atoms with Gasteiger partial charge in [0.05, 0.1) is 17.1 Å². The van der Waals surface area contributed by atoms with Gasteiger partial charge in [0.2, 0.25) is 11.9 Å². The minimum Gasteiger partial charge on any atom is -0.336 e. The zero-order chi connectivity index (χ0) is 20.5. The van der Waals surface area contributed by atoms with Crippen molar-refractivity contribution in [2.75, 3.05) is 42.1 Å². The van der Waals surface area contributed by atoms with Gasteiger partial charge < -0.3 is 15.1 Å². The van der Waals surface area contributed by atoms with Crippen LogP contribution in [0.2, 0.25) is 0 Å². The third kappa shape index (κ3) is 3.50. The molecule has 152 valence electrons. The summed E-state index contributed by atoms with van der Waals surface area (Å²) >= 11 is 1.49. The molecule has 0 unspecified atom stereocenters. The van der Waals surface area contributed by atoms with Crippen molar-refractivity contribution >= 4 is 35.2 Å². The number of thioether (sulfide) groups is 1. The predicted molar refractivity (Wildman–Crippen MR) is 113 cm³/mol. The molecule has 9 nitrogen and oxygen atoms in total. The molecule has 1 aromatic heterocycles. The second-order valence-electron chi connectivity index (χ2n) is 7.05. The van der Waals surface area contributed by atoms with E-state index in [1.165, 1.54) is 11.8 Å². The zero-order valence-corrected chi connectivity index (χ0v) is 16.9. The number of anilines is 2. The summed E-state index contributed by atoms with van der Waals surface area (Å²) < 4.78 is 1.71. The van der Waals surface area contributed by atoms with Gasteiger partial charge in [0.25, 0.3) is 5.91 Å². The highest BCUT2D eigenvalue weighted by molar-refractivity contribution is 8.00. The van der Waals surface area contributed by atoms with Crippen molar-refractivity contribution in [3.05, 3.63) is 54.1 Å². The number of carbonyl (C=O) groups excluding carboxylic acids is 2. The summed E-state index contributed by atoms with van der Waals surface area (Å²) in [6.45, 7) is 2.41. The topological polar surface area (TPSA) is 96.2 Å². The van der Waals surface area contributed by atoms with Gasteiger partial charge in [-0.05, 0) is 40.8 Å². The molecule has 2 aromatic carbocycles. The SMILES string of the molecule is O=C1CSc2ccc(C(=O)N3CCN(c4nnnn4-c4ccccc4)CC3)cc2N1. The Kier molecular flexibility index (Phi) is 4.83. The summed E-state index contributed by atoms with van der Waals surface area (Å²) in [4.78, 5) is 29.5. The Hall–Kier alpha value is -3.40. The van der Waals surface area contributed by atoms with E-state index in [1.54, 1.807) is 10.7 Å². The van der Waals surface area contributed by atoms with Crippen LogP contribution in [0.4, 0.5) is 11.6 Å². The van der Waals surface area contributed by atoms with E-state index >= 15 is 0 Å². The number of amides is 2. The number of fused-ring (bicyclic) bond motifs is 1. The molecule has 0 aliphatic carbocycles. The molecule has 1 fully saturated rings. The monoisotopic (exact) mass is 421 g/mol. The van der Waals surface area contributed by atoms with Gasteiger partial charge in [0.15, 0.2) is 0 Å². The zero-order valence-electron chi connectivity index (χ0n) is 16.1. The lowest BCUT2D eigenvalue weighted by atomic mass is 10.1. The van der Waals surface area contributed by atoms with Crippen LogP contribution < -0.4 is 10.2 Å². The van der Waals surface area contributed by atoms with Crippen LogP contribution in [0.15, 0.2) is 53.4 Å². The smallest absolute Gasteiger partial charge is 0.254 e. The van der Waals surface area contributed by atoms with Gasteiger partial charge in [-0.1, -0.05) is 23.3 Å². The summed E-state index contributed by atoms with van der Waals surface area (Å²) in [5.74, 6) is 0.999. The van der Waals surface area contributed by atoms with E-state index in [4.69, 9.17) is 0 Å². The van der Waals surface area contributed by atoms with Crippen molar-refractivity contribution in [1.82, 2.24) is 25.1 Å². The molecule has 0 spiro atoms. The standard InChI is InChI=1S/C20H19N7O2S/c28-18-13-30-17-7-6-14(12-16(17)21-18)19(29)25-8-10-26(11-9-25)20-22-23-24-27(20)15-4-2-1-3-5-15/h1-7,12H,8-11,13H2,(H,21,28). The van der Waals surface area contributed by atoms with Crippen LogP contribution in [0.25, 0.3) is 5.69 Å². The Morgan fingerprint density at radius 1 is 1.03 bits per heavy atom. The van der Waals surface area contributed by atoms with Crippen LogP contribution >= 0.6 is 11.8 Å². The van der Waals surface area contributed by atoms with Crippen LogP contribution in [0.1, 0.15) is 10.4 Å². The lowest BCUT2D eigenvalue weighted by Gasteiger charge is -2.35. The third-order valence-corrected chi connectivity index (χ3v) is 6.24. The Morgan fingerprint density at radius 2 is 1.83 bits per heavy atom. The van der Waals surface area contributed by atoms with Crippen LogP contribution in [-0.2, 0) is 4.79 Å². The first-order chi connectivity index (χ1) is 14.7. The fraction of sp³-hybridized carbons (Fsp3) is 0.250. The minimum absolute atomic E-state index is 0.0371. The fourth-order valence-electron chi connectivity index (χ4n) is 3.62. The first-order valence-electron chi connectivity index (χ1n) is 9.64. The largest absolute Gasteiger partial charge is 0.336 e. The van der Waals surface area contributed by atoms with Crippen LogP contribution in [0, 0.1) is 0 Å². The van der Waals surface area contributed by atoms with Crippen molar-refractivity contribution in [2.24, 2.45) is 0 Å². The van der Waals surface area contributed by atoms with E-state index < -0.39 is 0 Å². The van der Waals surface area contributed by atoms with Crippen LogP contribution in [-0.4, -0.2) is 68.9 Å². The van der Waals surface area contributed by atoms with E-state index in [0.717, 1.165) is 10.6 Å². The first kappa shape index (κ1) is 18.6. The lowest BCUT2D eigenvalue weighted by molar-refractivity contribution is -0.113. The predicted octanol–water partition coefficient (Wildman–Crippen LogP) is 1.67. The van der Waals surface area contributed by atoms with Gasteiger partial charge in [-0.25, -0.2) is 0 Å². The van der Waals surface area contributed by atoms with Crippen molar-refractivity contribution in [3.8, 4) is 5.69 Å². The molecular formula is C20H19N7O2S. The Balaban J connectivity index is 1.28. The van der Waals surface area contributed by atoms with E-state index in [2.05, 4.69) is 25.7 Å². The van der Waals surface area contributed by atoms with E-state index in [1.807, 2.05) is 47.4 Å². The van der Waals surface area contributed by atoms with Gasteiger partial charge in [0, 0.05) is 36.6 Å². The highest BCUT2D eigenvalue weighted by atomic mass is 32.2. The number of benzene rings is 2. The Morgan fingerprint density at radius 3 is 2.63 bits per heavy atom. The van der Waals surface area contributed by atoms with E-state index in [9.17, 15) is 9.59 Å². The number of nitrogens with one attached hydrogen (secondary N) is 1. The van der Waals surface area contributed by atoms with Crippen LogP contribution in [0.5, 0.6) is 0 Å². The van der Waals surface area contributed by atoms with Gasteiger partial charge >= 0.3 is 0 Å². The van der Waals surface area contributed by atoms with Crippen LogP contribution in [0.3, 0.4) is 0 Å². The number of hydrogen-bond donors (Lipinski definition) is 1. The normalized spacial score (nSPS) is 16.2. The lowest BCUT2D eigenvalue weighted by Crippen LogP contribution is -2.49. The van der Waals surface area contributed by atoms with Gasteiger partial charge in [-0.15, -0.1) is 11.8 Å². The number of tetrazole rings is 1. The summed E-state index contributed by atoms with van der Waals surface area (Å²) in [6, 6.07) is 15.2. The van der Waals surface area contributed by atoms with Crippen molar-refractivity contribution in [1.29, 1.82) is 0 Å². The van der Waals surface area contributed by atoms with Crippen molar-refractivity contribution < 1.29 is 9.59 Å². The number of carbonyl (C=O) groups is 2. The number of aromatic nitrogens is 4. The second kappa shape index (κ2) is 7.79. The summed E-state index contributed by atoms with van der Waals surface area (Å²) in [7, 11) is 0. The minimum atomic E-state index is -0.0400. The van der Waals surface area contributed by atoms with E-state index in [0.29, 0.717) is 49.1 Å². The molecule has 0 atom stereocenters. The number of para-hydroxylation sites is 1. The molecule has 2 aliphatic rings. The second-order valence-corrected chi connectivity index (χ2v) is 8.07. The number of piperazine rings is 1. The Labute approximate surface area is 177 Å².